The van der Waals surface area contributed by atoms with Gasteiger partial charge in [-0.1, -0.05) is 31.0 Å². The predicted octanol–water partition coefficient (Wildman–Crippen LogP) is 2.98. The third kappa shape index (κ3) is 2.61. The molecule has 0 aliphatic heterocycles. The van der Waals surface area contributed by atoms with Crippen LogP contribution in [0.3, 0.4) is 0 Å². The Kier molecular flexibility index (Phi) is 3.83. The van der Waals surface area contributed by atoms with E-state index in [0.717, 1.165) is 29.3 Å². The SMILES string of the molecule is Cc1nnc(OC2CCCCCC2N)c2ccccc12. The molecule has 3 rings (SSSR count). The van der Waals surface area contributed by atoms with Crippen molar-refractivity contribution in [1.82, 2.24) is 10.2 Å². The lowest BCUT2D eigenvalue weighted by molar-refractivity contribution is 0.157. The highest BCUT2D eigenvalue weighted by atomic mass is 16.5. The highest BCUT2D eigenvalue weighted by Gasteiger charge is 2.23. The first-order valence-corrected chi connectivity index (χ1v) is 7.40. The predicted molar refractivity (Wildman–Crippen MR) is 79.8 cm³/mol. The fraction of sp³-hybridized carbons (Fsp3) is 0.500. The van der Waals surface area contributed by atoms with Gasteiger partial charge in [-0.05, 0) is 32.3 Å². The summed E-state index contributed by atoms with van der Waals surface area (Å²) in [5.41, 5.74) is 7.16. The smallest absolute Gasteiger partial charge is 0.241 e. The molecule has 4 heteroatoms. The Morgan fingerprint density at radius 1 is 1.05 bits per heavy atom. The van der Waals surface area contributed by atoms with Gasteiger partial charge >= 0.3 is 0 Å². The molecule has 1 aliphatic rings. The van der Waals surface area contributed by atoms with Crippen LogP contribution in [0.5, 0.6) is 5.88 Å². The van der Waals surface area contributed by atoms with Crippen LogP contribution in [-0.2, 0) is 0 Å². The molecule has 1 heterocycles. The fourth-order valence-electron chi connectivity index (χ4n) is 2.89. The van der Waals surface area contributed by atoms with Crippen LogP contribution in [0.15, 0.2) is 24.3 Å². The summed E-state index contributed by atoms with van der Waals surface area (Å²) in [6, 6.07) is 8.20. The highest BCUT2D eigenvalue weighted by molar-refractivity contribution is 5.88. The fourth-order valence-corrected chi connectivity index (χ4v) is 2.89. The second-order valence-corrected chi connectivity index (χ2v) is 5.59. The summed E-state index contributed by atoms with van der Waals surface area (Å²) < 4.78 is 6.12. The van der Waals surface area contributed by atoms with Gasteiger partial charge in [0.15, 0.2) is 0 Å². The molecule has 0 spiro atoms. The van der Waals surface area contributed by atoms with E-state index in [0.29, 0.717) is 5.88 Å². The molecule has 1 aromatic heterocycles. The van der Waals surface area contributed by atoms with E-state index in [9.17, 15) is 0 Å². The van der Waals surface area contributed by atoms with E-state index in [-0.39, 0.29) is 12.1 Å². The minimum absolute atomic E-state index is 0.0536. The minimum Gasteiger partial charge on any atom is -0.471 e. The summed E-state index contributed by atoms with van der Waals surface area (Å²) in [5, 5.41) is 10.6. The summed E-state index contributed by atoms with van der Waals surface area (Å²) in [5.74, 6) is 0.619. The van der Waals surface area contributed by atoms with Gasteiger partial charge in [-0.2, -0.15) is 5.10 Å². The maximum Gasteiger partial charge on any atom is 0.241 e. The molecule has 0 amide bonds. The second kappa shape index (κ2) is 5.75. The number of hydrogen-bond donors (Lipinski definition) is 1. The molecule has 20 heavy (non-hydrogen) atoms. The van der Waals surface area contributed by atoms with Crippen LogP contribution in [0.25, 0.3) is 10.8 Å². The summed E-state index contributed by atoms with van der Waals surface area (Å²) in [6.45, 7) is 1.97. The first-order chi connectivity index (χ1) is 9.75. The molecule has 0 bridgehead atoms. The molecular formula is C16H21N3O. The van der Waals surface area contributed by atoms with E-state index >= 15 is 0 Å². The van der Waals surface area contributed by atoms with Gasteiger partial charge in [0.2, 0.25) is 5.88 Å². The number of nitrogens with zero attached hydrogens (tertiary/aromatic N) is 2. The van der Waals surface area contributed by atoms with Crippen molar-refractivity contribution in [1.29, 1.82) is 0 Å². The Morgan fingerprint density at radius 3 is 2.65 bits per heavy atom. The number of nitrogens with two attached hydrogens (primary N) is 1. The van der Waals surface area contributed by atoms with Crippen LogP contribution in [0.1, 0.15) is 37.8 Å². The number of hydrogen-bond acceptors (Lipinski definition) is 4. The minimum atomic E-state index is 0.0536. The van der Waals surface area contributed by atoms with Crippen molar-refractivity contribution in [2.45, 2.75) is 51.2 Å². The van der Waals surface area contributed by atoms with Crippen molar-refractivity contribution in [2.75, 3.05) is 0 Å². The van der Waals surface area contributed by atoms with Crippen LogP contribution in [0.2, 0.25) is 0 Å². The summed E-state index contributed by atoms with van der Waals surface area (Å²) in [6.07, 6.45) is 5.70. The van der Waals surface area contributed by atoms with Crippen molar-refractivity contribution < 1.29 is 4.74 Å². The first-order valence-electron chi connectivity index (χ1n) is 7.40. The Labute approximate surface area is 119 Å². The van der Waals surface area contributed by atoms with Crippen molar-refractivity contribution in [2.24, 2.45) is 5.73 Å². The zero-order chi connectivity index (χ0) is 13.9. The Balaban J connectivity index is 1.92. The van der Waals surface area contributed by atoms with E-state index in [4.69, 9.17) is 10.5 Å². The molecule has 1 fully saturated rings. The second-order valence-electron chi connectivity index (χ2n) is 5.59. The zero-order valence-corrected chi connectivity index (χ0v) is 11.9. The molecule has 0 saturated heterocycles. The van der Waals surface area contributed by atoms with Crippen LogP contribution in [0.4, 0.5) is 0 Å². The molecule has 1 aliphatic carbocycles. The van der Waals surface area contributed by atoms with Crippen LogP contribution >= 0.6 is 0 Å². The third-order valence-electron chi connectivity index (χ3n) is 4.10. The topological polar surface area (TPSA) is 61.0 Å². The number of ether oxygens (including phenoxy) is 1. The number of benzene rings is 1. The number of aryl methyl sites for hydroxylation is 1. The Morgan fingerprint density at radius 2 is 1.80 bits per heavy atom. The van der Waals surface area contributed by atoms with Crippen molar-refractivity contribution in [3.63, 3.8) is 0 Å². The summed E-state index contributed by atoms with van der Waals surface area (Å²) in [4.78, 5) is 0. The van der Waals surface area contributed by atoms with Gasteiger partial charge in [-0.3, -0.25) is 0 Å². The van der Waals surface area contributed by atoms with Gasteiger partial charge in [0.05, 0.1) is 5.69 Å². The van der Waals surface area contributed by atoms with Gasteiger partial charge in [-0.15, -0.1) is 5.10 Å². The van der Waals surface area contributed by atoms with Gasteiger partial charge in [0.1, 0.15) is 6.10 Å². The lowest BCUT2D eigenvalue weighted by atomic mass is 10.1. The third-order valence-corrected chi connectivity index (χ3v) is 4.10. The average molecular weight is 271 g/mol. The Bertz CT molecular complexity index is 599. The van der Waals surface area contributed by atoms with Crippen LogP contribution in [0, 0.1) is 6.92 Å². The molecule has 2 atom stereocenters. The largest absolute Gasteiger partial charge is 0.471 e. The average Bonchev–Trinajstić information content (AvgIpc) is 2.67. The van der Waals surface area contributed by atoms with Crippen molar-refractivity contribution in [3.8, 4) is 5.88 Å². The molecule has 106 valence electrons. The lowest BCUT2D eigenvalue weighted by Gasteiger charge is -2.22. The van der Waals surface area contributed by atoms with E-state index in [1.807, 2.05) is 25.1 Å². The summed E-state index contributed by atoms with van der Waals surface area (Å²) >= 11 is 0. The van der Waals surface area contributed by atoms with Gasteiger partial charge in [0.25, 0.3) is 0 Å². The maximum atomic E-state index is 6.23. The monoisotopic (exact) mass is 271 g/mol. The lowest BCUT2D eigenvalue weighted by Crippen LogP contribution is -2.38. The van der Waals surface area contributed by atoms with E-state index < -0.39 is 0 Å². The molecule has 2 aromatic rings. The molecule has 1 aromatic carbocycles. The highest BCUT2D eigenvalue weighted by Crippen LogP contribution is 2.27. The van der Waals surface area contributed by atoms with Gasteiger partial charge in [-0.25, -0.2) is 0 Å². The molecule has 2 unspecified atom stereocenters. The summed E-state index contributed by atoms with van der Waals surface area (Å²) in [7, 11) is 0. The molecule has 1 saturated carbocycles. The molecule has 2 N–H and O–H groups in total. The van der Waals surface area contributed by atoms with Gasteiger partial charge in [0, 0.05) is 16.8 Å². The normalized spacial score (nSPS) is 23.5. The molecule has 0 radical (unpaired) electrons. The Hall–Kier alpha value is -1.68. The van der Waals surface area contributed by atoms with Crippen LogP contribution in [-0.4, -0.2) is 22.3 Å². The number of rotatable bonds is 2. The van der Waals surface area contributed by atoms with E-state index in [1.54, 1.807) is 0 Å². The number of aromatic nitrogens is 2. The quantitative estimate of drug-likeness (QED) is 0.853. The van der Waals surface area contributed by atoms with Gasteiger partial charge < -0.3 is 10.5 Å². The standard InChI is InChI=1S/C16H21N3O/c1-11-12-7-5-6-8-13(12)16(19-18-11)20-15-10-4-2-3-9-14(15)17/h5-8,14-15H,2-4,9-10,17H2,1H3. The molecular weight excluding hydrogens is 250 g/mol. The zero-order valence-electron chi connectivity index (χ0n) is 11.9. The maximum absolute atomic E-state index is 6.23. The van der Waals surface area contributed by atoms with Crippen molar-refractivity contribution in [3.05, 3.63) is 30.0 Å². The molecule has 4 nitrogen and oxygen atoms in total. The van der Waals surface area contributed by atoms with Crippen LogP contribution < -0.4 is 10.5 Å². The number of fused-ring (bicyclic) bond motifs is 1. The van der Waals surface area contributed by atoms with Crippen molar-refractivity contribution >= 4 is 10.8 Å². The first kappa shape index (κ1) is 13.3. The van der Waals surface area contributed by atoms with E-state index in [2.05, 4.69) is 16.3 Å². The van der Waals surface area contributed by atoms with E-state index in [1.165, 1.54) is 19.3 Å².